The lowest BCUT2D eigenvalue weighted by Gasteiger charge is -2.20. The third-order valence-corrected chi connectivity index (χ3v) is 3.96. The van der Waals surface area contributed by atoms with Crippen LogP contribution in [0.1, 0.15) is 27.7 Å². The number of benzene rings is 2. The molecule has 128 valence electrons. The number of nitrogens with one attached hydrogen (secondary N) is 1. The summed E-state index contributed by atoms with van der Waals surface area (Å²) in [7, 11) is 0. The van der Waals surface area contributed by atoms with Crippen LogP contribution >= 0.6 is 11.8 Å². The number of fused-ring (bicyclic) bond motifs is 2. The molecule has 2 aromatic rings. The van der Waals surface area contributed by atoms with Crippen LogP contribution in [-0.4, -0.2) is 9.85 Å². The average Bonchev–Trinajstić information content (AvgIpc) is 2.62. The van der Waals surface area contributed by atoms with E-state index < -0.39 is 9.85 Å². The summed E-state index contributed by atoms with van der Waals surface area (Å²) in [5.74, 6) is 0. The number of rotatable bonds is 2. The van der Waals surface area contributed by atoms with Gasteiger partial charge in [-0.05, 0) is 12.1 Å². The third kappa shape index (κ3) is 4.23. The Balaban J connectivity index is 0.000000671. The van der Waals surface area contributed by atoms with Crippen molar-refractivity contribution in [3.63, 3.8) is 0 Å². The summed E-state index contributed by atoms with van der Waals surface area (Å²) in [6, 6.07) is 9.00. The summed E-state index contributed by atoms with van der Waals surface area (Å²) < 4.78 is 0. The van der Waals surface area contributed by atoms with Crippen molar-refractivity contribution >= 4 is 34.5 Å². The van der Waals surface area contributed by atoms with Crippen LogP contribution in [0.2, 0.25) is 0 Å². The summed E-state index contributed by atoms with van der Waals surface area (Å²) in [5, 5.41) is 24.6. The minimum absolute atomic E-state index is 0.00747. The fraction of sp³-hybridized carbons (Fsp3) is 0.250. The number of nitro benzene ring substituents is 2. The zero-order chi connectivity index (χ0) is 18.3. The highest BCUT2D eigenvalue weighted by atomic mass is 32.2. The van der Waals surface area contributed by atoms with Gasteiger partial charge in [0.15, 0.2) is 0 Å². The van der Waals surface area contributed by atoms with Gasteiger partial charge in [0.2, 0.25) is 0 Å². The molecule has 0 amide bonds. The molecule has 0 aliphatic carbocycles. The molecule has 0 radical (unpaired) electrons. The molecule has 0 unspecified atom stereocenters. The lowest BCUT2D eigenvalue weighted by molar-refractivity contribution is -0.385. The fourth-order valence-corrected chi connectivity index (χ4v) is 2.94. The highest BCUT2D eigenvalue weighted by Crippen LogP contribution is 2.46. The molecule has 7 nitrogen and oxygen atoms in total. The SMILES string of the molecule is CC.CC.O=[N+]([O-])c1ccc2c(c1)Sc1cc([N+](=O)[O-])ccc1N2. The zero-order valence-corrected chi connectivity index (χ0v) is 14.7. The number of nitro groups is 2. The average molecular weight is 349 g/mol. The quantitative estimate of drug-likeness (QED) is 0.466. The van der Waals surface area contributed by atoms with Gasteiger partial charge in [-0.25, -0.2) is 0 Å². The molecule has 1 aliphatic heterocycles. The maximum Gasteiger partial charge on any atom is 0.270 e. The smallest absolute Gasteiger partial charge is 0.270 e. The molecule has 3 rings (SSSR count). The van der Waals surface area contributed by atoms with Crippen LogP contribution in [0.15, 0.2) is 46.2 Å². The number of anilines is 2. The van der Waals surface area contributed by atoms with Gasteiger partial charge in [0.1, 0.15) is 0 Å². The standard InChI is InChI=1S/C12H7N3O4S.2C2H6/c16-14(17)7-1-3-9-11(5-7)20-12-6-8(15(18)19)2-4-10(12)13-9;2*1-2/h1-6,13H;2*1-2H3. The molecule has 0 atom stereocenters. The highest BCUT2D eigenvalue weighted by molar-refractivity contribution is 7.99. The van der Waals surface area contributed by atoms with Gasteiger partial charge >= 0.3 is 0 Å². The third-order valence-electron chi connectivity index (χ3n) is 2.84. The van der Waals surface area contributed by atoms with E-state index in [2.05, 4.69) is 5.32 Å². The molecule has 0 aromatic heterocycles. The van der Waals surface area contributed by atoms with Crippen molar-refractivity contribution in [2.75, 3.05) is 5.32 Å². The van der Waals surface area contributed by atoms with E-state index >= 15 is 0 Å². The maximum atomic E-state index is 10.8. The molecule has 0 saturated carbocycles. The zero-order valence-electron chi connectivity index (χ0n) is 13.9. The van der Waals surface area contributed by atoms with Gasteiger partial charge in [-0.2, -0.15) is 0 Å². The van der Waals surface area contributed by atoms with E-state index in [1.54, 1.807) is 12.1 Å². The first-order valence-corrected chi connectivity index (χ1v) is 8.38. The van der Waals surface area contributed by atoms with Crippen molar-refractivity contribution < 1.29 is 9.85 Å². The predicted octanol–water partition coefficient (Wildman–Crippen LogP) is 5.76. The highest BCUT2D eigenvalue weighted by Gasteiger charge is 2.20. The van der Waals surface area contributed by atoms with Crippen LogP contribution in [0.3, 0.4) is 0 Å². The Hall–Kier alpha value is -2.61. The largest absolute Gasteiger partial charge is 0.354 e. The number of hydrogen-bond acceptors (Lipinski definition) is 6. The first-order valence-electron chi connectivity index (χ1n) is 7.56. The molecule has 1 aliphatic rings. The van der Waals surface area contributed by atoms with Crippen molar-refractivity contribution in [1.29, 1.82) is 0 Å². The normalized spacial score (nSPS) is 10.5. The number of non-ortho nitro benzene ring substituents is 2. The van der Waals surface area contributed by atoms with Gasteiger partial charge in [0.25, 0.3) is 11.4 Å². The summed E-state index contributed by atoms with van der Waals surface area (Å²) >= 11 is 1.27. The Kier molecular flexibility index (Phi) is 7.19. The second kappa shape index (κ2) is 8.88. The lowest BCUT2D eigenvalue weighted by atomic mass is 10.2. The van der Waals surface area contributed by atoms with Crippen LogP contribution in [0.4, 0.5) is 22.7 Å². The van der Waals surface area contributed by atoms with Gasteiger partial charge in [-0.1, -0.05) is 39.5 Å². The Labute approximate surface area is 144 Å². The van der Waals surface area contributed by atoms with Gasteiger partial charge in [0.05, 0.1) is 21.2 Å². The van der Waals surface area contributed by atoms with Crippen LogP contribution in [0, 0.1) is 20.2 Å². The molecule has 0 spiro atoms. The van der Waals surface area contributed by atoms with Crippen molar-refractivity contribution in [1.82, 2.24) is 0 Å². The summed E-state index contributed by atoms with van der Waals surface area (Å²) in [6.45, 7) is 8.00. The maximum absolute atomic E-state index is 10.8. The summed E-state index contributed by atoms with van der Waals surface area (Å²) in [6.07, 6.45) is 0. The number of hydrogen-bond donors (Lipinski definition) is 1. The molecule has 24 heavy (non-hydrogen) atoms. The van der Waals surface area contributed by atoms with Gasteiger partial charge in [-0.3, -0.25) is 20.2 Å². The molecule has 8 heteroatoms. The van der Waals surface area contributed by atoms with Gasteiger partial charge < -0.3 is 5.32 Å². The molecular formula is C16H19N3O4S. The summed E-state index contributed by atoms with van der Waals surface area (Å²) in [5.41, 5.74) is 1.49. The molecule has 0 saturated heterocycles. The van der Waals surface area contributed by atoms with Gasteiger partial charge in [0, 0.05) is 34.1 Å². The topological polar surface area (TPSA) is 98.3 Å². The van der Waals surface area contributed by atoms with E-state index in [0.717, 1.165) is 11.4 Å². The Morgan fingerprint density at radius 1 is 0.792 bits per heavy atom. The Bertz CT molecular complexity index is 689. The van der Waals surface area contributed by atoms with Crippen molar-refractivity contribution in [2.24, 2.45) is 0 Å². The molecule has 0 bridgehead atoms. The van der Waals surface area contributed by atoms with E-state index in [1.807, 2.05) is 27.7 Å². The van der Waals surface area contributed by atoms with Gasteiger partial charge in [-0.15, -0.1) is 0 Å². The minimum atomic E-state index is -0.468. The van der Waals surface area contributed by atoms with Crippen LogP contribution in [0.25, 0.3) is 0 Å². The van der Waals surface area contributed by atoms with Crippen molar-refractivity contribution in [3.8, 4) is 0 Å². The molecule has 2 aromatic carbocycles. The lowest BCUT2D eigenvalue weighted by Crippen LogP contribution is -2.01. The van der Waals surface area contributed by atoms with Crippen LogP contribution in [-0.2, 0) is 0 Å². The first-order chi connectivity index (χ1) is 11.5. The molecule has 0 fully saturated rings. The second-order valence-corrected chi connectivity index (χ2v) is 5.19. The predicted molar refractivity (Wildman–Crippen MR) is 96.3 cm³/mol. The van der Waals surface area contributed by atoms with E-state index in [4.69, 9.17) is 0 Å². The fourth-order valence-electron chi connectivity index (χ4n) is 1.89. The first kappa shape index (κ1) is 19.4. The van der Waals surface area contributed by atoms with Crippen LogP contribution in [0.5, 0.6) is 0 Å². The van der Waals surface area contributed by atoms with Crippen molar-refractivity contribution in [2.45, 2.75) is 37.5 Å². The van der Waals surface area contributed by atoms with Crippen LogP contribution < -0.4 is 5.32 Å². The van der Waals surface area contributed by atoms with E-state index in [-0.39, 0.29) is 11.4 Å². The molecule has 1 N–H and O–H groups in total. The van der Waals surface area contributed by atoms with E-state index in [0.29, 0.717) is 9.79 Å². The monoisotopic (exact) mass is 349 g/mol. The Morgan fingerprint density at radius 3 is 1.50 bits per heavy atom. The van der Waals surface area contributed by atoms with E-state index in [9.17, 15) is 20.2 Å². The number of nitrogens with zero attached hydrogens (tertiary/aromatic N) is 2. The van der Waals surface area contributed by atoms with E-state index in [1.165, 1.54) is 36.0 Å². The summed E-state index contributed by atoms with van der Waals surface area (Å²) in [4.78, 5) is 21.9. The Morgan fingerprint density at radius 2 is 1.17 bits per heavy atom. The molecular weight excluding hydrogens is 330 g/mol. The molecule has 1 heterocycles. The second-order valence-electron chi connectivity index (χ2n) is 4.10. The minimum Gasteiger partial charge on any atom is -0.354 e. The van der Waals surface area contributed by atoms with Crippen molar-refractivity contribution in [3.05, 3.63) is 56.6 Å².